The van der Waals surface area contributed by atoms with Gasteiger partial charge in [-0.2, -0.15) is 0 Å². The Morgan fingerprint density at radius 3 is 2.53 bits per heavy atom. The molecule has 0 bridgehead atoms. The van der Waals surface area contributed by atoms with E-state index in [1.807, 2.05) is 41.8 Å². The van der Waals surface area contributed by atoms with E-state index in [1.165, 1.54) is 23.9 Å². The van der Waals surface area contributed by atoms with Gasteiger partial charge in [0.2, 0.25) is 0 Å². The highest BCUT2D eigenvalue weighted by atomic mass is 35.5. The summed E-state index contributed by atoms with van der Waals surface area (Å²) in [6.45, 7) is 2.71. The molecule has 0 unspecified atom stereocenters. The third-order valence-corrected chi connectivity index (χ3v) is 5.98. The summed E-state index contributed by atoms with van der Waals surface area (Å²) >= 11 is 7.32. The van der Waals surface area contributed by atoms with Crippen molar-refractivity contribution in [3.8, 4) is 11.4 Å². The summed E-state index contributed by atoms with van der Waals surface area (Å²) in [6.07, 6.45) is 1.61. The van der Waals surface area contributed by atoms with Crippen LogP contribution in [-0.2, 0) is 6.54 Å². The number of benzene rings is 3. The number of nitro groups is 1. The molecule has 1 heterocycles. The zero-order chi connectivity index (χ0) is 22.5. The molecule has 0 aliphatic carbocycles. The first kappa shape index (κ1) is 21.7. The molecule has 0 atom stereocenters. The average Bonchev–Trinajstić information content (AvgIpc) is 3.22. The van der Waals surface area contributed by atoms with Crippen molar-refractivity contribution >= 4 is 41.0 Å². The highest BCUT2D eigenvalue weighted by Gasteiger charge is 2.17. The average molecular weight is 464 g/mol. The Labute approximate surface area is 193 Å². The topological polar surface area (TPSA) is 86.2 Å². The number of hydrogen-bond donors (Lipinski definition) is 0. The molecule has 32 heavy (non-hydrogen) atoms. The van der Waals surface area contributed by atoms with Crippen molar-refractivity contribution in [1.29, 1.82) is 0 Å². The van der Waals surface area contributed by atoms with Gasteiger partial charge in [0.25, 0.3) is 5.69 Å². The van der Waals surface area contributed by atoms with Gasteiger partial charge >= 0.3 is 0 Å². The van der Waals surface area contributed by atoms with Crippen LogP contribution in [0.2, 0.25) is 5.02 Å². The SMILES string of the molecule is CCn1c(Sc2ccc([N+](=O)[O-])cc2C=Nc2ccc(Cl)cc2)nnc1-c1ccccc1. The highest BCUT2D eigenvalue weighted by Crippen LogP contribution is 2.33. The standard InChI is InChI=1S/C23H18ClN5O2S/c1-2-28-22(16-6-4-3-5-7-16)26-27-23(28)32-21-13-12-20(29(30)31)14-17(21)15-25-19-10-8-18(24)9-11-19/h3-15H,2H2,1H3. The first-order valence-electron chi connectivity index (χ1n) is 9.79. The molecule has 0 amide bonds. The molecule has 4 aromatic rings. The lowest BCUT2D eigenvalue weighted by Crippen LogP contribution is -2.00. The third-order valence-electron chi connectivity index (χ3n) is 4.65. The van der Waals surface area contributed by atoms with Crippen LogP contribution in [0.15, 0.2) is 87.8 Å². The van der Waals surface area contributed by atoms with Crippen LogP contribution in [0.25, 0.3) is 11.4 Å². The van der Waals surface area contributed by atoms with E-state index in [-0.39, 0.29) is 5.69 Å². The summed E-state index contributed by atoms with van der Waals surface area (Å²) in [4.78, 5) is 16.1. The number of aromatic nitrogens is 3. The van der Waals surface area contributed by atoms with E-state index in [0.717, 1.165) is 16.3 Å². The van der Waals surface area contributed by atoms with Gasteiger partial charge in [-0.15, -0.1) is 10.2 Å². The number of nitro benzene ring substituents is 1. The molecule has 0 N–H and O–H groups in total. The molecule has 1 aromatic heterocycles. The minimum absolute atomic E-state index is 0.00570. The number of aliphatic imine (C=N–C) groups is 1. The minimum Gasteiger partial charge on any atom is -0.302 e. The van der Waals surface area contributed by atoms with Crippen molar-refractivity contribution in [3.63, 3.8) is 0 Å². The van der Waals surface area contributed by atoms with E-state index in [2.05, 4.69) is 15.2 Å². The Kier molecular flexibility index (Phi) is 6.63. The van der Waals surface area contributed by atoms with Gasteiger partial charge in [-0.1, -0.05) is 41.9 Å². The Bertz CT molecular complexity index is 1270. The molecule has 0 fully saturated rings. The molecular formula is C23H18ClN5O2S. The molecule has 0 aliphatic rings. The summed E-state index contributed by atoms with van der Waals surface area (Å²) in [5.41, 5.74) is 2.28. The van der Waals surface area contributed by atoms with Gasteiger partial charge in [-0.25, -0.2) is 0 Å². The molecule has 0 saturated carbocycles. The summed E-state index contributed by atoms with van der Waals surface area (Å²) in [7, 11) is 0. The van der Waals surface area contributed by atoms with Gasteiger partial charge in [-0.3, -0.25) is 15.1 Å². The van der Waals surface area contributed by atoms with Gasteiger partial charge in [-0.05, 0) is 49.0 Å². The lowest BCUT2D eigenvalue weighted by Gasteiger charge is -2.09. The molecular weight excluding hydrogens is 446 g/mol. The fourth-order valence-electron chi connectivity index (χ4n) is 3.06. The van der Waals surface area contributed by atoms with Crippen LogP contribution in [0.3, 0.4) is 0 Å². The second-order valence-electron chi connectivity index (χ2n) is 6.73. The molecule has 3 aromatic carbocycles. The number of hydrogen-bond acceptors (Lipinski definition) is 6. The number of halogens is 1. The lowest BCUT2D eigenvalue weighted by atomic mass is 10.2. The van der Waals surface area contributed by atoms with Crippen LogP contribution >= 0.6 is 23.4 Å². The normalized spacial score (nSPS) is 11.2. The van der Waals surface area contributed by atoms with E-state index < -0.39 is 4.92 Å². The maximum atomic E-state index is 11.3. The number of rotatable bonds is 7. The second kappa shape index (κ2) is 9.76. The number of non-ortho nitro benzene ring substituents is 1. The van der Waals surface area contributed by atoms with Crippen molar-refractivity contribution in [2.75, 3.05) is 0 Å². The van der Waals surface area contributed by atoms with Gasteiger partial charge in [0.05, 0.1) is 10.6 Å². The minimum atomic E-state index is -0.421. The first-order chi connectivity index (χ1) is 15.5. The Hall–Kier alpha value is -3.49. The van der Waals surface area contributed by atoms with Gasteiger partial charge < -0.3 is 4.57 Å². The highest BCUT2D eigenvalue weighted by molar-refractivity contribution is 7.99. The molecule has 7 nitrogen and oxygen atoms in total. The molecule has 0 radical (unpaired) electrons. The van der Waals surface area contributed by atoms with E-state index in [4.69, 9.17) is 11.6 Å². The predicted octanol–water partition coefficient (Wildman–Crippen LogP) is 6.43. The van der Waals surface area contributed by atoms with Crippen molar-refractivity contribution in [2.45, 2.75) is 23.5 Å². The number of nitrogens with zero attached hydrogens (tertiary/aromatic N) is 5. The molecule has 160 valence electrons. The molecule has 0 spiro atoms. The van der Waals surface area contributed by atoms with Crippen molar-refractivity contribution in [1.82, 2.24) is 14.8 Å². The van der Waals surface area contributed by atoms with Gasteiger partial charge in [0.1, 0.15) is 0 Å². The zero-order valence-corrected chi connectivity index (χ0v) is 18.6. The van der Waals surface area contributed by atoms with E-state index in [1.54, 1.807) is 36.5 Å². The van der Waals surface area contributed by atoms with Crippen molar-refractivity contribution < 1.29 is 4.92 Å². The van der Waals surface area contributed by atoms with Crippen LogP contribution < -0.4 is 0 Å². The summed E-state index contributed by atoms with van der Waals surface area (Å²) in [6, 6.07) is 21.6. The van der Waals surface area contributed by atoms with Crippen LogP contribution in [0.4, 0.5) is 11.4 Å². The van der Waals surface area contributed by atoms with E-state index in [0.29, 0.717) is 28.0 Å². The van der Waals surface area contributed by atoms with Crippen molar-refractivity contribution in [3.05, 3.63) is 93.5 Å². The van der Waals surface area contributed by atoms with Crippen LogP contribution in [0, 0.1) is 10.1 Å². The van der Waals surface area contributed by atoms with Gasteiger partial charge in [0, 0.05) is 45.9 Å². The largest absolute Gasteiger partial charge is 0.302 e. The Morgan fingerprint density at radius 1 is 1.09 bits per heavy atom. The summed E-state index contributed by atoms with van der Waals surface area (Å²) in [5, 5.41) is 21.4. The summed E-state index contributed by atoms with van der Waals surface area (Å²) in [5.74, 6) is 0.772. The maximum absolute atomic E-state index is 11.3. The zero-order valence-electron chi connectivity index (χ0n) is 17.1. The molecule has 0 aliphatic heterocycles. The molecule has 9 heteroatoms. The Morgan fingerprint density at radius 2 is 1.84 bits per heavy atom. The summed E-state index contributed by atoms with van der Waals surface area (Å²) < 4.78 is 2.02. The fourth-order valence-corrected chi connectivity index (χ4v) is 4.16. The fraction of sp³-hybridized carbons (Fsp3) is 0.0870. The molecule has 0 saturated heterocycles. The maximum Gasteiger partial charge on any atom is 0.270 e. The monoisotopic (exact) mass is 463 g/mol. The van der Waals surface area contributed by atoms with Crippen molar-refractivity contribution in [2.24, 2.45) is 4.99 Å². The predicted molar refractivity (Wildman–Crippen MR) is 127 cm³/mol. The second-order valence-corrected chi connectivity index (χ2v) is 8.18. The lowest BCUT2D eigenvalue weighted by molar-refractivity contribution is -0.384. The Balaban J connectivity index is 1.70. The van der Waals surface area contributed by atoms with Crippen LogP contribution in [-0.4, -0.2) is 25.9 Å². The van der Waals surface area contributed by atoms with E-state index in [9.17, 15) is 10.1 Å². The van der Waals surface area contributed by atoms with Crippen LogP contribution in [0.1, 0.15) is 12.5 Å². The quantitative estimate of drug-likeness (QED) is 0.179. The van der Waals surface area contributed by atoms with Gasteiger partial charge in [0.15, 0.2) is 11.0 Å². The van der Waals surface area contributed by atoms with Crippen LogP contribution in [0.5, 0.6) is 0 Å². The first-order valence-corrected chi connectivity index (χ1v) is 11.0. The molecule has 4 rings (SSSR count). The van der Waals surface area contributed by atoms with E-state index >= 15 is 0 Å². The third kappa shape index (κ3) is 4.87. The smallest absolute Gasteiger partial charge is 0.270 e.